The number of aromatic nitrogens is 2. The molecule has 1 aliphatic rings. The zero-order valence-electron chi connectivity index (χ0n) is 15.5. The lowest BCUT2D eigenvalue weighted by atomic mass is 10.1. The lowest BCUT2D eigenvalue weighted by molar-refractivity contribution is 0.174. The highest BCUT2D eigenvalue weighted by Gasteiger charge is 2.20. The molecular weight excluding hydrogens is 360 g/mol. The highest BCUT2D eigenvalue weighted by atomic mass is 16.7. The number of carbonyl (C=O) groups is 1. The molecule has 0 saturated carbocycles. The maximum absolute atomic E-state index is 12.6. The molecule has 4 rings (SSSR count). The molecule has 0 aliphatic carbocycles. The minimum absolute atomic E-state index is 0.200. The Hall–Kier alpha value is -3.68. The fourth-order valence-electron chi connectivity index (χ4n) is 3.04. The largest absolute Gasteiger partial charge is 0.495 e. The highest BCUT2D eigenvalue weighted by molar-refractivity contribution is 6.03. The van der Waals surface area contributed by atoms with E-state index in [0.29, 0.717) is 40.7 Å². The van der Waals surface area contributed by atoms with E-state index in [0.717, 1.165) is 11.3 Å². The van der Waals surface area contributed by atoms with Crippen LogP contribution in [0.5, 0.6) is 17.2 Å². The monoisotopic (exact) mass is 380 g/mol. The number of carbonyl (C=O) groups excluding carboxylic acids is 1. The van der Waals surface area contributed by atoms with Crippen molar-refractivity contribution < 1.29 is 19.0 Å². The number of para-hydroxylation sites is 2. The van der Waals surface area contributed by atoms with Gasteiger partial charge in [0.2, 0.25) is 6.79 Å². The predicted molar refractivity (Wildman–Crippen MR) is 105 cm³/mol. The molecule has 0 bridgehead atoms. The second-order valence-electron chi connectivity index (χ2n) is 6.13. The van der Waals surface area contributed by atoms with Gasteiger partial charge in [-0.1, -0.05) is 19.1 Å². The van der Waals surface area contributed by atoms with Crippen molar-refractivity contribution in [3.63, 3.8) is 0 Å². The summed E-state index contributed by atoms with van der Waals surface area (Å²) in [4.78, 5) is 12.6. The van der Waals surface area contributed by atoms with Crippen LogP contribution < -0.4 is 24.8 Å². The van der Waals surface area contributed by atoms with E-state index in [1.54, 1.807) is 19.2 Å². The third kappa shape index (κ3) is 3.32. The van der Waals surface area contributed by atoms with Gasteiger partial charge in [0.1, 0.15) is 11.4 Å². The van der Waals surface area contributed by atoms with Crippen LogP contribution in [0.25, 0.3) is 11.3 Å². The topological polar surface area (TPSA) is 97.5 Å². The summed E-state index contributed by atoms with van der Waals surface area (Å²) in [6.07, 6.45) is 0.682. The SMILES string of the molecule is CCc1[nH]nc(-c2ccc3c(c2)OCO3)c1NC(=O)Nc1ccccc1OC. The molecule has 0 unspecified atom stereocenters. The van der Waals surface area contributed by atoms with Gasteiger partial charge in [-0.2, -0.15) is 5.10 Å². The molecule has 0 radical (unpaired) electrons. The minimum atomic E-state index is -0.386. The fourth-order valence-corrected chi connectivity index (χ4v) is 3.04. The Morgan fingerprint density at radius 3 is 2.82 bits per heavy atom. The first-order valence-corrected chi connectivity index (χ1v) is 8.88. The number of hydrogen-bond donors (Lipinski definition) is 3. The Bertz CT molecular complexity index is 1020. The second-order valence-corrected chi connectivity index (χ2v) is 6.13. The zero-order valence-corrected chi connectivity index (χ0v) is 15.5. The van der Waals surface area contributed by atoms with Crippen molar-refractivity contribution in [3.8, 4) is 28.5 Å². The molecule has 0 atom stereocenters. The van der Waals surface area contributed by atoms with E-state index in [-0.39, 0.29) is 12.8 Å². The standard InChI is InChI=1S/C20H20N4O4/c1-3-13-19(22-20(25)21-14-6-4-5-7-15(14)26-2)18(24-23-13)12-8-9-16-17(10-12)28-11-27-16/h4-10H,3,11H2,1-2H3,(H,23,24)(H2,21,22,25). The van der Waals surface area contributed by atoms with Gasteiger partial charge < -0.3 is 24.8 Å². The van der Waals surface area contributed by atoms with Crippen LogP contribution in [0.3, 0.4) is 0 Å². The number of rotatable bonds is 5. The number of methoxy groups -OCH3 is 1. The molecule has 2 amide bonds. The number of hydrogen-bond acceptors (Lipinski definition) is 5. The molecule has 144 valence electrons. The van der Waals surface area contributed by atoms with Gasteiger partial charge in [0, 0.05) is 5.56 Å². The summed E-state index contributed by atoms with van der Waals surface area (Å²) in [6, 6.07) is 12.4. The molecule has 28 heavy (non-hydrogen) atoms. The molecule has 3 aromatic rings. The van der Waals surface area contributed by atoms with E-state index in [2.05, 4.69) is 20.8 Å². The maximum atomic E-state index is 12.6. The number of aromatic amines is 1. The Kier molecular flexibility index (Phi) is 4.76. The third-order valence-corrected chi connectivity index (χ3v) is 4.43. The summed E-state index contributed by atoms with van der Waals surface area (Å²) >= 11 is 0. The van der Waals surface area contributed by atoms with E-state index in [4.69, 9.17) is 14.2 Å². The third-order valence-electron chi connectivity index (χ3n) is 4.43. The Morgan fingerprint density at radius 1 is 1.18 bits per heavy atom. The van der Waals surface area contributed by atoms with Gasteiger partial charge in [-0.05, 0) is 36.8 Å². The lowest BCUT2D eigenvalue weighted by Crippen LogP contribution is -2.20. The normalized spacial score (nSPS) is 11.9. The molecule has 2 heterocycles. The summed E-state index contributed by atoms with van der Waals surface area (Å²) in [5, 5.41) is 13.1. The van der Waals surface area contributed by atoms with Crippen LogP contribution in [0.2, 0.25) is 0 Å². The van der Waals surface area contributed by atoms with Crippen molar-refractivity contribution in [2.75, 3.05) is 24.5 Å². The van der Waals surface area contributed by atoms with Crippen LogP contribution >= 0.6 is 0 Å². The zero-order chi connectivity index (χ0) is 19.5. The molecule has 1 aromatic heterocycles. The number of fused-ring (bicyclic) bond motifs is 1. The Morgan fingerprint density at radius 2 is 2.00 bits per heavy atom. The minimum Gasteiger partial charge on any atom is -0.495 e. The van der Waals surface area contributed by atoms with Crippen molar-refractivity contribution in [2.45, 2.75) is 13.3 Å². The van der Waals surface area contributed by atoms with Crippen LogP contribution in [0, 0.1) is 0 Å². The quantitative estimate of drug-likeness (QED) is 0.621. The molecular formula is C20H20N4O4. The number of amides is 2. The molecule has 0 saturated heterocycles. The van der Waals surface area contributed by atoms with Crippen LogP contribution in [0.1, 0.15) is 12.6 Å². The van der Waals surface area contributed by atoms with E-state index in [1.165, 1.54) is 0 Å². The van der Waals surface area contributed by atoms with Crippen LogP contribution in [0.15, 0.2) is 42.5 Å². The van der Waals surface area contributed by atoms with Crippen molar-refractivity contribution in [1.82, 2.24) is 10.2 Å². The van der Waals surface area contributed by atoms with E-state index in [9.17, 15) is 4.79 Å². The van der Waals surface area contributed by atoms with Crippen LogP contribution in [-0.2, 0) is 6.42 Å². The molecule has 1 aliphatic heterocycles. The molecule has 2 aromatic carbocycles. The average molecular weight is 380 g/mol. The number of ether oxygens (including phenoxy) is 3. The summed E-state index contributed by atoms with van der Waals surface area (Å²) in [6.45, 7) is 2.19. The Balaban J connectivity index is 1.61. The van der Waals surface area contributed by atoms with Gasteiger partial charge in [-0.25, -0.2) is 4.79 Å². The van der Waals surface area contributed by atoms with Gasteiger partial charge in [0.05, 0.1) is 24.2 Å². The summed E-state index contributed by atoms with van der Waals surface area (Å²) in [7, 11) is 1.56. The number of nitrogens with one attached hydrogen (secondary N) is 3. The van der Waals surface area contributed by atoms with Gasteiger partial charge in [-0.15, -0.1) is 0 Å². The maximum Gasteiger partial charge on any atom is 0.323 e. The number of aryl methyl sites for hydroxylation is 1. The van der Waals surface area contributed by atoms with Crippen molar-refractivity contribution in [3.05, 3.63) is 48.2 Å². The van der Waals surface area contributed by atoms with Gasteiger partial charge >= 0.3 is 6.03 Å². The fraction of sp³-hybridized carbons (Fsp3) is 0.200. The molecule has 0 spiro atoms. The molecule has 8 heteroatoms. The first kappa shape index (κ1) is 17.7. The Labute approximate surface area is 161 Å². The first-order valence-electron chi connectivity index (χ1n) is 8.88. The number of benzene rings is 2. The van der Waals surface area contributed by atoms with Crippen LogP contribution in [-0.4, -0.2) is 30.1 Å². The highest BCUT2D eigenvalue weighted by Crippen LogP contribution is 2.38. The molecule has 3 N–H and O–H groups in total. The summed E-state index contributed by atoms with van der Waals surface area (Å²) in [5.74, 6) is 1.93. The molecule has 8 nitrogen and oxygen atoms in total. The number of urea groups is 1. The van der Waals surface area contributed by atoms with Crippen molar-refractivity contribution in [1.29, 1.82) is 0 Å². The van der Waals surface area contributed by atoms with Crippen LogP contribution in [0.4, 0.5) is 16.2 Å². The van der Waals surface area contributed by atoms with E-state index in [1.807, 2.05) is 37.3 Å². The molecule has 0 fully saturated rings. The van der Waals surface area contributed by atoms with E-state index >= 15 is 0 Å². The lowest BCUT2D eigenvalue weighted by Gasteiger charge is -2.12. The second kappa shape index (κ2) is 7.51. The van der Waals surface area contributed by atoms with Gasteiger partial charge in [0.25, 0.3) is 0 Å². The average Bonchev–Trinajstić information content (AvgIpc) is 3.34. The van der Waals surface area contributed by atoms with Gasteiger partial charge in [0.15, 0.2) is 11.5 Å². The first-order chi connectivity index (χ1) is 13.7. The summed E-state index contributed by atoms with van der Waals surface area (Å²) < 4.78 is 16.1. The van der Waals surface area contributed by atoms with Crippen molar-refractivity contribution in [2.24, 2.45) is 0 Å². The van der Waals surface area contributed by atoms with E-state index < -0.39 is 0 Å². The summed E-state index contributed by atoms with van der Waals surface area (Å²) in [5.41, 5.74) is 3.46. The number of anilines is 2. The number of nitrogens with zero attached hydrogens (tertiary/aromatic N) is 1. The van der Waals surface area contributed by atoms with Gasteiger partial charge in [-0.3, -0.25) is 5.10 Å². The predicted octanol–water partition coefficient (Wildman–Crippen LogP) is 4.02. The smallest absolute Gasteiger partial charge is 0.323 e. The van der Waals surface area contributed by atoms with Crippen molar-refractivity contribution >= 4 is 17.4 Å². The number of H-pyrrole nitrogens is 1.